The fourth-order valence-electron chi connectivity index (χ4n) is 4.07. The van der Waals surface area contributed by atoms with Crippen LogP contribution in [0, 0.1) is 5.92 Å². The predicted octanol–water partition coefficient (Wildman–Crippen LogP) is 2.76. The molecule has 37 heavy (non-hydrogen) atoms. The molecule has 0 saturated heterocycles. The molecule has 3 rings (SSSR count). The number of ether oxygens (including phenoxy) is 1. The minimum absolute atomic E-state index is 0.0458. The first kappa shape index (κ1) is 28.4. The summed E-state index contributed by atoms with van der Waals surface area (Å²) in [6.07, 6.45) is -0.591. The number of aliphatic hydroxyl groups is 1. The average Bonchev–Trinajstić information content (AvgIpc) is 2.85. The van der Waals surface area contributed by atoms with Crippen LogP contribution in [0.2, 0.25) is 0 Å². The zero-order valence-electron chi connectivity index (χ0n) is 21.8. The van der Waals surface area contributed by atoms with E-state index < -0.39 is 28.2 Å². The first-order valence-electron chi connectivity index (χ1n) is 12.3. The van der Waals surface area contributed by atoms with Gasteiger partial charge in [-0.15, -0.1) is 0 Å². The Bertz CT molecular complexity index is 1200. The summed E-state index contributed by atoms with van der Waals surface area (Å²) in [4.78, 5) is 27.5. The second-order valence-corrected chi connectivity index (χ2v) is 11.7. The normalized spacial score (nSPS) is 19.0. The Labute approximate surface area is 218 Å². The first-order chi connectivity index (χ1) is 17.4. The SMILES string of the molecule is CC(C)NC(=O)Nc1ccc2c(c1)C(=O)N([C@@H](C)CO)C[C@@H](C)[C@H](CN(C)S(=O)(=O)c1ccccc1)O2. The van der Waals surface area contributed by atoms with E-state index in [4.69, 9.17) is 4.74 Å². The number of nitrogens with zero attached hydrogens (tertiary/aromatic N) is 2. The lowest BCUT2D eigenvalue weighted by Gasteiger charge is -2.38. The van der Waals surface area contributed by atoms with Crippen LogP contribution in [-0.4, -0.2) is 79.6 Å². The van der Waals surface area contributed by atoms with Crippen LogP contribution in [0.25, 0.3) is 0 Å². The number of carbonyl (C=O) groups excluding carboxylic acids is 2. The number of anilines is 1. The zero-order valence-corrected chi connectivity index (χ0v) is 22.7. The van der Waals surface area contributed by atoms with Crippen molar-refractivity contribution < 1.29 is 27.9 Å². The van der Waals surface area contributed by atoms with E-state index in [1.165, 1.54) is 29.6 Å². The summed E-state index contributed by atoms with van der Waals surface area (Å²) in [6.45, 7) is 7.35. The van der Waals surface area contributed by atoms with Gasteiger partial charge >= 0.3 is 6.03 Å². The Balaban J connectivity index is 1.95. The lowest BCUT2D eigenvalue weighted by Crippen LogP contribution is -2.50. The van der Waals surface area contributed by atoms with Crippen molar-refractivity contribution >= 4 is 27.6 Å². The molecule has 0 bridgehead atoms. The van der Waals surface area contributed by atoms with Crippen molar-refractivity contribution in [1.29, 1.82) is 0 Å². The molecule has 0 aromatic heterocycles. The monoisotopic (exact) mass is 532 g/mol. The van der Waals surface area contributed by atoms with E-state index in [0.717, 1.165) is 0 Å². The molecule has 11 heteroatoms. The fraction of sp³-hybridized carbons (Fsp3) is 0.462. The summed E-state index contributed by atoms with van der Waals surface area (Å²) in [5.41, 5.74) is 0.618. The Hall–Kier alpha value is -3.15. The van der Waals surface area contributed by atoms with Gasteiger partial charge in [-0.25, -0.2) is 13.2 Å². The van der Waals surface area contributed by atoms with Gasteiger partial charge in [0.1, 0.15) is 11.9 Å². The fourth-order valence-corrected chi connectivity index (χ4v) is 5.28. The lowest BCUT2D eigenvalue weighted by molar-refractivity contribution is 0.0387. The molecule has 2 aromatic carbocycles. The van der Waals surface area contributed by atoms with Crippen molar-refractivity contribution in [1.82, 2.24) is 14.5 Å². The van der Waals surface area contributed by atoms with Crippen LogP contribution in [0.3, 0.4) is 0 Å². The number of fused-ring (bicyclic) bond motifs is 1. The molecule has 1 aliphatic heterocycles. The highest BCUT2D eigenvalue weighted by Gasteiger charge is 2.35. The molecule has 3 amide bonds. The number of hydrogen-bond donors (Lipinski definition) is 3. The van der Waals surface area contributed by atoms with Gasteiger partial charge in [0, 0.05) is 31.2 Å². The number of urea groups is 1. The van der Waals surface area contributed by atoms with Gasteiger partial charge < -0.3 is 25.4 Å². The molecule has 3 N–H and O–H groups in total. The smallest absolute Gasteiger partial charge is 0.319 e. The van der Waals surface area contributed by atoms with Gasteiger partial charge in [0.2, 0.25) is 10.0 Å². The van der Waals surface area contributed by atoms with Gasteiger partial charge in [-0.3, -0.25) is 4.79 Å². The molecular weight excluding hydrogens is 496 g/mol. The number of benzene rings is 2. The molecule has 0 radical (unpaired) electrons. The topological polar surface area (TPSA) is 128 Å². The molecule has 1 aliphatic rings. The van der Waals surface area contributed by atoms with Crippen molar-refractivity contribution in [2.24, 2.45) is 5.92 Å². The third-order valence-electron chi connectivity index (χ3n) is 6.23. The Morgan fingerprint density at radius 1 is 1.19 bits per heavy atom. The van der Waals surface area contributed by atoms with Gasteiger partial charge in [-0.05, 0) is 51.1 Å². The van der Waals surface area contributed by atoms with Crippen LogP contribution < -0.4 is 15.4 Å². The number of carbonyl (C=O) groups is 2. The van der Waals surface area contributed by atoms with Gasteiger partial charge in [0.15, 0.2) is 0 Å². The maximum Gasteiger partial charge on any atom is 0.319 e. The maximum absolute atomic E-state index is 13.5. The third kappa shape index (κ3) is 6.79. The van der Waals surface area contributed by atoms with Crippen LogP contribution in [0.1, 0.15) is 38.1 Å². The van der Waals surface area contributed by atoms with Gasteiger partial charge in [-0.2, -0.15) is 4.31 Å². The van der Waals surface area contributed by atoms with E-state index in [2.05, 4.69) is 10.6 Å². The molecule has 202 valence electrons. The van der Waals surface area contributed by atoms with E-state index in [-0.39, 0.29) is 53.8 Å². The quantitative estimate of drug-likeness (QED) is 0.480. The second-order valence-electron chi connectivity index (χ2n) is 9.69. The van der Waals surface area contributed by atoms with Crippen molar-refractivity contribution in [2.75, 3.05) is 32.1 Å². The van der Waals surface area contributed by atoms with E-state index >= 15 is 0 Å². The summed E-state index contributed by atoms with van der Waals surface area (Å²) in [7, 11) is -2.26. The molecule has 0 aliphatic carbocycles. The van der Waals surface area contributed by atoms with Crippen molar-refractivity contribution in [3.63, 3.8) is 0 Å². The molecule has 0 spiro atoms. The number of sulfonamides is 1. The Morgan fingerprint density at radius 3 is 2.49 bits per heavy atom. The van der Waals surface area contributed by atoms with E-state index in [1.54, 1.807) is 42.2 Å². The molecule has 10 nitrogen and oxygen atoms in total. The Morgan fingerprint density at radius 2 is 1.86 bits per heavy atom. The standard InChI is InChI=1S/C26H36N4O6S/c1-17(2)27-26(33)28-20-11-12-23-22(13-20)25(32)30(19(4)16-31)14-18(3)24(36-23)15-29(5)37(34,35)21-9-7-6-8-10-21/h6-13,17-19,24,31H,14-16H2,1-5H3,(H2,27,28,33)/t18-,19+,24+/m1/s1. The summed E-state index contributed by atoms with van der Waals surface area (Å²) in [5, 5.41) is 15.3. The molecule has 0 unspecified atom stereocenters. The van der Waals surface area contributed by atoms with Crippen molar-refractivity contribution in [2.45, 2.75) is 50.8 Å². The third-order valence-corrected chi connectivity index (χ3v) is 8.07. The van der Waals surface area contributed by atoms with Crippen molar-refractivity contribution in [3.05, 3.63) is 54.1 Å². The minimum atomic E-state index is -3.76. The highest BCUT2D eigenvalue weighted by molar-refractivity contribution is 7.89. The summed E-state index contributed by atoms with van der Waals surface area (Å²) < 4.78 is 33.8. The van der Waals surface area contributed by atoms with E-state index in [9.17, 15) is 23.1 Å². The number of likely N-dealkylation sites (N-methyl/N-ethyl adjacent to an activating group) is 1. The number of amides is 3. The minimum Gasteiger partial charge on any atom is -0.488 e. The highest BCUT2D eigenvalue weighted by Crippen LogP contribution is 2.31. The Kier molecular flexibility index (Phi) is 9.16. The van der Waals surface area contributed by atoms with Crippen LogP contribution >= 0.6 is 0 Å². The van der Waals surface area contributed by atoms with Gasteiger partial charge in [0.25, 0.3) is 5.91 Å². The molecule has 0 saturated carbocycles. The van der Waals surface area contributed by atoms with E-state index in [0.29, 0.717) is 5.69 Å². The second kappa shape index (κ2) is 11.9. The largest absolute Gasteiger partial charge is 0.488 e. The van der Waals surface area contributed by atoms with Crippen LogP contribution in [0.5, 0.6) is 5.75 Å². The lowest BCUT2D eigenvalue weighted by atomic mass is 9.99. The van der Waals surface area contributed by atoms with E-state index in [1.807, 2.05) is 20.8 Å². The zero-order chi connectivity index (χ0) is 27.3. The summed E-state index contributed by atoms with van der Waals surface area (Å²) in [6, 6.07) is 12.0. The molecule has 3 atom stereocenters. The molecule has 1 heterocycles. The molecular formula is C26H36N4O6S. The van der Waals surface area contributed by atoms with Crippen molar-refractivity contribution in [3.8, 4) is 5.75 Å². The first-order valence-corrected chi connectivity index (χ1v) is 13.7. The number of aliphatic hydroxyl groups excluding tert-OH is 1. The molecule has 0 fully saturated rings. The number of nitrogens with one attached hydrogen (secondary N) is 2. The average molecular weight is 533 g/mol. The van der Waals surface area contributed by atoms with Crippen LogP contribution in [0.4, 0.5) is 10.5 Å². The summed E-state index contributed by atoms with van der Waals surface area (Å²) in [5.74, 6) is -0.328. The maximum atomic E-state index is 13.5. The summed E-state index contributed by atoms with van der Waals surface area (Å²) >= 11 is 0. The highest BCUT2D eigenvalue weighted by atomic mass is 32.2. The van der Waals surface area contributed by atoms with Crippen LogP contribution in [0.15, 0.2) is 53.4 Å². The number of rotatable bonds is 8. The predicted molar refractivity (Wildman–Crippen MR) is 141 cm³/mol. The van der Waals surface area contributed by atoms with Crippen LogP contribution in [-0.2, 0) is 10.0 Å². The van der Waals surface area contributed by atoms with Gasteiger partial charge in [0.05, 0.1) is 29.7 Å². The molecule has 2 aromatic rings. The van der Waals surface area contributed by atoms with Gasteiger partial charge in [-0.1, -0.05) is 25.1 Å². The number of hydrogen-bond acceptors (Lipinski definition) is 6.